The number of Topliss-reactive ketones (excluding diaryl/α,β-unsaturated/α-hetero) is 1. The molecule has 0 aliphatic carbocycles. The van der Waals surface area contributed by atoms with E-state index in [1.54, 1.807) is 43.5 Å². The van der Waals surface area contributed by atoms with Gasteiger partial charge in [-0.2, -0.15) is 0 Å². The highest BCUT2D eigenvalue weighted by Gasteiger charge is 2.46. The number of likely N-dealkylation sites (tertiary alicyclic amines) is 1. The first-order chi connectivity index (χ1) is 15.5. The lowest BCUT2D eigenvalue weighted by Crippen LogP contribution is -2.42. The van der Waals surface area contributed by atoms with Crippen molar-refractivity contribution in [1.82, 2.24) is 9.80 Å². The van der Waals surface area contributed by atoms with Gasteiger partial charge in [0.15, 0.2) is 0 Å². The number of phenols is 1. The van der Waals surface area contributed by atoms with Gasteiger partial charge in [0, 0.05) is 31.7 Å². The third-order valence-electron chi connectivity index (χ3n) is 5.87. The minimum Gasteiger partial charge on any atom is -0.508 e. The van der Waals surface area contributed by atoms with Crippen molar-refractivity contribution in [2.45, 2.75) is 6.04 Å². The summed E-state index contributed by atoms with van der Waals surface area (Å²) >= 11 is 0. The van der Waals surface area contributed by atoms with Gasteiger partial charge >= 0.3 is 0 Å². The molecule has 2 aliphatic heterocycles. The van der Waals surface area contributed by atoms with Gasteiger partial charge in [0.25, 0.3) is 11.7 Å². The van der Waals surface area contributed by atoms with E-state index in [1.165, 1.54) is 17.0 Å². The van der Waals surface area contributed by atoms with E-state index in [0.717, 1.165) is 13.1 Å². The Morgan fingerprint density at radius 1 is 1.03 bits per heavy atom. The summed E-state index contributed by atoms with van der Waals surface area (Å²) in [5, 5.41) is 20.8. The van der Waals surface area contributed by atoms with Crippen molar-refractivity contribution in [2.75, 3.05) is 46.5 Å². The summed E-state index contributed by atoms with van der Waals surface area (Å²) in [6.45, 7) is 3.72. The van der Waals surface area contributed by atoms with E-state index in [2.05, 4.69) is 4.90 Å². The number of amides is 1. The predicted octanol–water partition coefficient (Wildman–Crippen LogP) is 2.15. The van der Waals surface area contributed by atoms with Crippen molar-refractivity contribution in [3.63, 3.8) is 0 Å². The minimum absolute atomic E-state index is 0.0350. The molecule has 2 aromatic rings. The van der Waals surface area contributed by atoms with Crippen molar-refractivity contribution in [3.05, 3.63) is 65.2 Å². The van der Waals surface area contributed by atoms with E-state index in [9.17, 15) is 19.8 Å². The molecule has 0 spiro atoms. The number of hydrogen-bond donors (Lipinski definition) is 2. The Labute approximate surface area is 186 Å². The molecule has 8 heteroatoms. The van der Waals surface area contributed by atoms with Gasteiger partial charge in [-0.15, -0.1) is 0 Å². The van der Waals surface area contributed by atoms with Crippen LogP contribution < -0.4 is 4.74 Å². The first-order valence-corrected chi connectivity index (χ1v) is 10.5. The average molecular weight is 438 g/mol. The second-order valence-corrected chi connectivity index (χ2v) is 7.77. The van der Waals surface area contributed by atoms with Crippen molar-refractivity contribution in [3.8, 4) is 11.5 Å². The monoisotopic (exact) mass is 438 g/mol. The fourth-order valence-corrected chi connectivity index (χ4v) is 4.09. The lowest BCUT2D eigenvalue weighted by atomic mass is 9.95. The van der Waals surface area contributed by atoms with E-state index < -0.39 is 17.7 Å². The normalized spacial score (nSPS) is 21.2. The molecule has 1 amide bonds. The smallest absolute Gasteiger partial charge is 0.295 e. The molecule has 0 aromatic heterocycles. The molecular formula is C24H26N2O6. The van der Waals surface area contributed by atoms with Crippen LogP contribution in [0, 0.1) is 0 Å². The van der Waals surface area contributed by atoms with Gasteiger partial charge in [-0.3, -0.25) is 14.5 Å². The van der Waals surface area contributed by atoms with Crippen LogP contribution >= 0.6 is 0 Å². The number of nitrogens with zero attached hydrogens (tertiary/aromatic N) is 2. The molecule has 8 nitrogen and oxygen atoms in total. The van der Waals surface area contributed by atoms with Crippen LogP contribution in [0.4, 0.5) is 0 Å². The second-order valence-electron chi connectivity index (χ2n) is 7.77. The fraction of sp³-hybridized carbons (Fsp3) is 0.333. The lowest BCUT2D eigenvalue weighted by molar-refractivity contribution is -0.140. The first-order valence-electron chi connectivity index (χ1n) is 10.5. The Hall–Kier alpha value is -3.36. The number of ether oxygens (including phenoxy) is 2. The van der Waals surface area contributed by atoms with Crippen LogP contribution in [0.15, 0.2) is 54.1 Å². The number of hydrogen-bond acceptors (Lipinski definition) is 7. The number of aliphatic hydroxyl groups excluding tert-OH is 1. The Kier molecular flexibility index (Phi) is 6.43. The Morgan fingerprint density at radius 3 is 2.31 bits per heavy atom. The average Bonchev–Trinajstić information content (AvgIpc) is 3.08. The summed E-state index contributed by atoms with van der Waals surface area (Å²) in [5.74, 6) is -0.917. The van der Waals surface area contributed by atoms with Gasteiger partial charge in [0.2, 0.25) is 0 Å². The number of aromatic hydroxyl groups is 1. The van der Waals surface area contributed by atoms with E-state index in [0.29, 0.717) is 43.2 Å². The van der Waals surface area contributed by atoms with Gasteiger partial charge in [-0.25, -0.2) is 0 Å². The van der Waals surface area contributed by atoms with Crippen LogP contribution in [-0.2, 0) is 14.3 Å². The van der Waals surface area contributed by atoms with Crippen molar-refractivity contribution < 1.29 is 29.3 Å². The largest absolute Gasteiger partial charge is 0.508 e. The summed E-state index contributed by atoms with van der Waals surface area (Å²) in [6, 6.07) is 12.2. The molecule has 4 rings (SSSR count). The maximum Gasteiger partial charge on any atom is 0.295 e. The SMILES string of the molecule is COc1ccc(/C(O)=C2/C(=O)C(=O)N(CCN3CCOCC3)C2c2ccc(O)cc2)cc1. The molecule has 2 aromatic carbocycles. The molecule has 168 valence electrons. The number of ketones is 1. The fourth-order valence-electron chi connectivity index (χ4n) is 4.09. The summed E-state index contributed by atoms with van der Waals surface area (Å²) in [7, 11) is 1.54. The molecule has 1 unspecified atom stereocenters. The van der Waals surface area contributed by atoms with E-state index in [4.69, 9.17) is 9.47 Å². The lowest BCUT2D eigenvalue weighted by Gasteiger charge is -2.31. The van der Waals surface area contributed by atoms with Gasteiger partial charge in [-0.05, 0) is 42.0 Å². The standard InChI is InChI=1S/C24H26N2O6/c1-31-19-8-4-17(5-9-19)22(28)20-21(16-2-6-18(27)7-3-16)26(24(30)23(20)29)11-10-25-12-14-32-15-13-25/h2-9,21,27-28H,10-15H2,1H3/b22-20-. The first kappa shape index (κ1) is 21.9. The van der Waals surface area contributed by atoms with Crippen molar-refractivity contribution in [2.24, 2.45) is 0 Å². The van der Waals surface area contributed by atoms with Gasteiger partial charge in [0.1, 0.15) is 17.3 Å². The van der Waals surface area contributed by atoms with E-state index >= 15 is 0 Å². The highest BCUT2D eigenvalue weighted by molar-refractivity contribution is 6.46. The third-order valence-corrected chi connectivity index (χ3v) is 5.87. The zero-order valence-electron chi connectivity index (χ0n) is 17.9. The predicted molar refractivity (Wildman–Crippen MR) is 117 cm³/mol. The van der Waals surface area contributed by atoms with Crippen LogP contribution in [0.5, 0.6) is 11.5 Å². The van der Waals surface area contributed by atoms with Crippen molar-refractivity contribution in [1.29, 1.82) is 0 Å². The summed E-state index contributed by atoms with van der Waals surface area (Å²) in [6.07, 6.45) is 0. The number of aliphatic hydroxyl groups is 1. The molecule has 32 heavy (non-hydrogen) atoms. The number of methoxy groups -OCH3 is 1. The van der Waals surface area contributed by atoms with Crippen LogP contribution in [0.1, 0.15) is 17.2 Å². The Morgan fingerprint density at radius 2 is 1.69 bits per heavy atom. The molecule has 0 bridgehead atoms. The number of morpholine rings is 1. The molecule has 0 radical (unpaired) electrons. The molecule has 0 saturated carbocycles. The molecule has 2 fully saturated rings. The maximum absolute atomic E-state index is 13.0. The molecular weight excluding hydrogens is 412 g/mol. The van der Waals surface area contributed by atoms with Crippen LogP contribution in [0.2, 0.25) is 0 Å². The zero-order valence-corrected chi connectivity index (χ0v) is 17.9. The topological polar surface area (TPSA) is 99.5 Å². The van der Waals surface area contributed by atoms with Crippen LogP contribution in [0.3, 0.4) is 0 Å². The van der Waals surface area contributed by atoms with Crippen molar-refractivity contribution >= 4 is 17.4 Å². The van der Waals surface area contributed by atoms with E-state index in [1.807, 2.05) is 0 Å². The van der Waals surface area contributed by atoms with E-state index in [-0.39, 0.29) is 17.1 Å². The second kappa shape index (κ2) is 9.42. The number of carbonyl (C=O) groups is 2. The Bertz CT molecular complexity index is 1010. The minimum atomic E-state index is -0.751. The molecule has 2 aliphatic rings. The molecule has 1 atom stereocenters. The zero-order chi connectivity index (χ0) is 22.7. The van der Waals surface area contributed by atoms with Crippen LogP contribution in [0.25, 0.3) is 5.76 Å². The van der Waals surface area contributed by atoms with Crippen LogP contribution in [-0.4, -0.2) is 78.2 Å². The quantitative estimate of drug-likeness (QED) is 0.405. The number of phenolic OH excluding ortho intramolecular Hbond substituents is 1. The molecule has 2 N–H and O–H groups in total. The Balaban J connectivity index is 1.71. The van der Waals surface area contributed by atoms with Gasteiger partial charge < -0.3 is 24.6 Å². The summed E-state index contributed by atoms with van der Waals surface area (Å²) < 4.78 is 10.5. The third kappa shape index (κ3) is 4.32. The number of benzene rings is 2. The number of rotatable bonds is 6. The highest BCUT2D eigenvalue weighted by Crippen LogP contribution is 2.39. The molecule has 2 heterocycles. The maximum atomic E-state index is 13.0. The highest BCUT2D eigenvalue weighted by atomic mass is 16.5. The summed E-state index contributed by atoms with van der Waals surface area (Å²) in [4.78, 5) is 29.7. The molecule has 2 saturated heterocycles. The van der Waals surface area contributed by atoms with Gasteiger partial charge in [-0.1, -0.05) is 12.1 Å². The summed E-state index contributed by atoms with van der Waals surface area (Å²) in [5.41, 5.74) is 1.09. The van der Waals surface area contributed by atoms with Gasteiger partial charge in [0.05, 0.1) is 31.9 Å². The number of carbonyl (C=O) groups excluding carboxylic acids is 2.